The minimum atomic E-state index is -0.858. The molecule has 6 nitrogen and oxygen atoms in total. The smallest absolute Gasteiger partial charge is 0.395 e. The number of carbonyl (C=O) groups excluding carboxylic acids is 2. The quantitative estimate of drug-likeness (QED) is 0.0622. The molecule has 6 rings (SSSR count). The van der Waals surface area contributed by atoms with Crippen molar-refractivity contribution in [3.63, 3.8) is 0 Å². The highest BCUT2D eigenvalue weighted by Gasteiger charge is 2.29. The zero-order valence-electron chi connectivity index (χ0n) is 31.7. The summed E-state index contributed by atoms with van der Waals surface area (Å²) in [5, 5.41) is 0. The van der Waals surface area contributed by atoms with Crippen molar-refractivity contribution >= 4 is 235 Å². The molecule has 0 saturated carbocycles. The minimum Gasteiger partial charge on any atom is -0.395 e. The predicted octanol–water partition coefficient (Wildman–Crippen LogP) is 21.3. The lowest BCUT2D eigenvalue weighted by Gasteiger charge is -2.28. The first-order chi connectivity index (χ1) is 29.6. The Morgan fingerprint density at radius 2 is 0.651 bits per heavy atom. The molecule has 0 aromatic heterocycles. The van der Waals surface area contributed by atoms with E-state index in [2.05, 4.69) is 223 Å². The van der Waals surface area contributed by atoms with E-state index in [9.17, 15) is 9.59 Å². The number of benzene rings is 6. The average Bonchev–Trinajstić information content (AvgIpc) is 3.25. The van der Waals surface area contributed by atoms with Gasteiger partial charge in [-0.15, -0.1) is 0 Å². The van der Waals surface area contributed by atoms with Crippen molar-refractivity contribution in [3.8, 4) is 23.0 Å². The Hall–Kier alpha value is 0.580. The Balaban J connectivity index is 0.000000267. The van der Waals surface area contributed by atoms with Gasteiger partial charge in [0.05, 0.1) is 17.9 Å². The van der Waals surface area contributed by atoms with E-state index in [1.807, 2.05) is 50.2 Å². The summed E-state index contributed by atoms with van der Waals surface area (Å²) in [6.45, 7) is 4.09. The van der Waals surface area contributed by atoms with E-state index >= 15 is 0 Å². The fourth-order valence-electron chi connectivity index (χ4n) is 5.57. The Morgan fingerprint density at radius 1 is 0.397 bits per heavy atom. The molecule has 0 aliphatic carbocycles. The van der Waals surface area contributed by atoms with Crippen LogP contribution in [0.2, 0.25) is 0 Å². The summed E-state index contributed by atoms with van der Waals surface area (Å²) < 4.78 is 33.7. The molecular formula is C43H24Br14O6. The van der Waals surface area contributed by atoms with Gasteiger partial charge < -0.3 is 18.9 Å². The zero-order chi connectivity index (χ0) is 46.5. The second-order valence-corrected chi connectivity index (χ2v) is 24.6. The number of carbonyl (C=O) groups is 2. The molecular weight excluding hydrogens is 1730 g/mol. The van der Waals surface area contributed by atoms with Crippen LogP contribution in [0.1, 0.15) is 36.1 Å². The molecule has 0 unspecified atom stereocenters. The van der Waals surface area contributed by atoms with Gasteiger partial charge in [-0.3, -0.25) is 0 Å². The molecule has 0 spiro atoms. The van der Waals surface area contributed by atoms with E-state index in [4.69, 9.17) is 18.9 Å². The van der Waals surface area contributed by atoms with Gasteiger partial charge >= 0.3 is 12.3 Å². The molecule has 0 aliphatic rings. The van der Waals surface area contributed by atoms with Crippen molar-refractivity contribution in [2.45, 2.75) is 32.1 Å². The first-order valence-corrected chi connectivity index (χ1v) is 28.6. The summed E-state index contributed by atoms with van der Waals surface area (Å²) in [5.41, 5.74) is 3.70. The van der Waals surface area contributed by atoms with Gasteiger partial charge in [-0.2, -0.15) is 0 Å². The van der Waals surface area contributed by atoms with Crippen molar-refractivity contribution in [2.24, 2.45) is 0 Å². The van der Waals surface area contributed by atoms with Gasteiger partial charge in [-0.25, -0.2) is 9.59 Å². The third kappa shape index (κ3) is 13.7. The van der Waals surface area contributed by atoms with Crippen LogP contribution in [0.15, 0.2) is 148 Å². The van der Waals surface area contributed by atoms with Crippen LogP contribution in [0.4, 0.5) is 9.59 Å². The van der Waals surface area contributed by atoms with Gasteiger partial charge in [0.1, 0.15) is 11.5 Å². The molecule has 0 atom stereocenters. The third-order valence-electron chi connectivity index (χ3n) is 8.93. The Labute approximate surface area is 481 Å². The molecule has 0 amide bonds. The third-order valence-corrected chi connectivity index (χ3v) is 23.8. The lowest BCUT2D eigenvalue weighted by molar-refractivity contribution is 0.150. The molecule has 63 heavy (non-hydrogen) atoms. The van der Waals surface area contributed by atoms with Crippen molar-refractivity contribution in [2.75, 3.05) is 0 Å². The molecule has 0 bridgehead atoms. The van der Waals surface area contributed by atoms with Gasteiger partial charge in [-0.1, -0.05) is 50.2 Å². The highest BCUT2D eigenvalue weighted by atomic mass is 79.9. The van der Waals surface area contributed by atoms with E-state index in [1.54, 1.807) is 48.5 Å². The molecule has 6 aromatic rings. The van der Waals surface area contributed by atoms with Crippen LogP contribution in [-0.4, -0.2) is 12.3 Å². The number of halogens is 14. The number of rotatable bonds is 9. The van der Waals surface area contributed by atoms with Gasteiger partial charge in [-0.05, 0) is 307 Å². The second-order valence-electron chi connectivity index (χ2n) is 13.3. The maximum absolute atomic E-state index is 12.3. The molecule has 0 N–H and O–H groups in total. The summed E-state index contributed by atoms with van der Waals surface area (Å²) in [6.07, 6.45) is -0.0140. The van der Waals surface area contributed by atoms with Crippen LogP contribution in [0, 0.1) is 0 Å². The molecule has 6 aromatic carbocycles. The molecule has 330 valence electrons. The molecule has 0 aliphatic heterocycles. The van der Waals surface area contributed by atoms with Gasteiger partial charge in [0.2, 0.25) is 0 Å². The Kier molecular flexibility index (Phi) is 21.1. The lowest BCUT2D eigenvalue weighted by atomic mass is 9.78. The van der Waals surface area contributed by atoms with E-state index < -0.39 is 17.7 Å². The van der Waals surface area contributed by atoms with Crippen LogP contribution >= 0.6 is 223 Å². The zero-order valence-corrected chi connectivity index (χ0v) is 53.9. The Bertz CT molecular complexity index is 2410. The van der Waals surface area contributed by atoms with Crippen molar-refractivity contribution in [3.05, 3.63) is 170 Å². The van der Waals surface area contributed by atoms with Crippen LogP contribution in [0.3, 0.4) is 0 Å². The fraction of sp³-hybridized carbons (Fsp3) is 0.116. The number of para-hydroxylation sites is 2. The maximum atomic E-state index is 12.3. The standard InChI is InChI=1S/C29H20Br4O6.C14H4Br10/c1-29(2,17-13-21(30)25(22(31)14-17)38-27(34)36-19-9-5-3-6-10-19)18-15-23(32)26(24(33)16-18)39-28(35)37-20-11-7-4-8-12-20;15-5-3(6(16)10(20)13(23)9(5)19)1-2-4-7(17)11(21)14(24)12(22)8(4)18/h3-16H,1-2H3;1-2H2. The number of hydrogen-bond donors (Lipinski definition) is 0. The summed E-state index contributed by atoms with van der Waals surface area (Å²) in [4.78, 5) is 24.7. The summed E-state index contributed by atoms with van der Waals surface area (Å²) in [7, 11) is 0. The lowest BCUT2D eigenvalue weighted by Crippen LogP contribution is -2.20. The highest BCUT2D eigenvalue weighted by molar-refractivity contribution is 9.16. The first-order valence-electron chi connectivity index (χ1n) is 17.5. The Morgan fingerprint density at radius 3 is 0.921 bits per heavy atom. The topological polar surface area (TPSA) is 71.1 Å². The van der Waals surface area contributed by atoms with E-state index in [-0.39, 0.29) is 0 Å². The maximum Gasteiger partial charge on any atom is 0.519 e. The van der Waals surface area contributed by atoms with Gasteiger partial charge in [0.15, 0.2) is 11.5 Å². The minimum absolute atomic E-state index is 0.290. The van der Waals surface area contributed by atoms with E-state index in [1.165, 1.54) is 11.1 Å². The van der Waals surface area contributed by atoms with Crippen LogP contribution in [-0.2, 0) is 18.3 Å². The van der Waals surface area contributed by atoms with Crippen LogP contribution < -0.4 is 18.9 Å². The average molecular weight is 1760 g/mol. The van der Waals surface area contributed by atoms with Crippen LogP contribution in [0.5, 0.6) is 23.0 Å². The number of hydrogen-bond acceptors (Lipinski definition) is 6. The molecule has 0 saturated heterocycles. The molecule has 0 fully saturated rings. The summed E-state index contributed by atoms with van der Waals surface area (Å²) in [5.74, 6) is 1.34. The molecule has 0 radical (unpaired) electrons. The van der Waals surface area contributed by atoms with E-state index in [0.717, 1.165) is 68.7 Å². The summed E-state index contributed by atoms with van der Waals surface area (Å²) >= 11 is 50.5. The van der Waals surface area contributed by atoms with Gasteiger partial charge in [0, 0.05) is 50.1 Å². The normalized spacial score (nSPS) is 11.1. The fourth-order valence-corrected chi connectivity index (χ4v) is 15.3. The van der Waals surface area contributed by atoms with Gasteiger partial charge in [0.25, 0.3) is 0 Å². The van der Waals surface area contributed by atoms with Crippen molar-refractivity contribution in [1.29, 1.82) is 0 Å². The first kappa shape index (κ1) is 54.5. The predicted molar refractivity (Wildman–Crippen MR) is 299 cm³/mol. The highest BCUT2D eigenvalue weighted by Crippen LogP contribution is 2.48. The SMILES string of the molecule is Brc1c(Br)c(Br)c(CCc2c(Br)c(Br)c(Br)c(Br)c2Br)c(Br)c1Br.CC(C)(c1cc(Br)c(OC(=O)Oc2ccccc2)c(Br)c1)c1cc(Br)c(OC(=O)Oc2ccccc2)c(Br)c1. The summed E-state index contributed by atoms with van der Waals surface area (Å²) in [6, 6.07) is 24.8. The number of ether oxygens (including phenoxy) is 4. The molecule has 0 heterocycles. The molecule has 20 heteroatoms. The van der Waals surface area contributed by atoms with Crippen molar-refractivity contribution < 1.29 is 28.5 Å². The second kappa shape index (κ2) is 24.4. The monoisotopic (exact) mass is 1740 g/mol. The van der Waals surface area contributed by atoms with Crippen LogP contribution in [0.25, 0.3) is 0 Å². The van der Waals surface area contributed by atoms with E-state index in [0.29, 0.717) is 40.9 Å². The largest absolute Gasteiger partial charge is 0.519 e. The van der Waals surface area contributed by atoms with Crippen molar-refractivity contribution in [1.82, 2.24) is 0 Å².